The van der Waals surface area contributed by atoms with Crippen LogP contribution in [0.2, 0.25) is 0 Å². The molecule has 8 heteroatoms. The highest BCUT2D eigenvalue weighted by molar-refractivity contribution is 5.94. The molecule has 1 unspecified atom stereocenters. The monoisotopic (exact) mass is 400 g/mol. The molecule has 0 fully saturated rings. The summed E-state index contributed by atoms with van der Waals surface area (Å²) in [5.41, 5.74) is 1.81. The van der Waals surface area contributed by atoms with Crippen LogP contribution in [-0.4, -0.2) is 37.9 Å². The first-order chi connectivity index (χ1) is 14.0. The summed E-state index contributed by atoms with van der Waals surface area (Å²) in [5.74, 6) is 0.151. The van der Waals surface area contributed by atoms with Gasteiger partial charge >= 0.3 is 5.91 Å². The van der Waals surface area contributed by atoms with E-state index in [1.807, 2.05) is 23.6 Å². The first-order valence-electron chi connectivity index (χ1n) is 9.50. The maximum atomic E-state index is 12.4. The van der Waals surface area contributed by atoms with E-state index in [9.17, 15) is 14.5 Å². The Morgan fingerprint density at radius 1 is 1.21 bits per heavy atom. The van der Waals surface area contributed by atoms with E-state index in [2.05, 4.69) is 5.18 Å². The summed E-state index contributed by atoms with van der Waals surface area (Å²) >= 11 is 0. The summed E-state index contributed by atoms with van der Waals surface area (Å²) in [5, 5.41) is 2.40. The molecule has 154 valence electrons. The molecule has 0 saturated carbocycles. The molecule has 1 aliphatic heterocycles. The van der Waals surface area contributed by atoms with Gasteiger partial charge in [0.25, 0.3) is 0 Å². The molecule has 2 aromatic rings. The number of nitroso groups, excluding NO2 is 1. The lowest BCUT2D eigenvalue weighted by atomic mass is 9.90. The number of hydrogen-bond acceptors (Lipinski definition) is 6. The minimum atomic E-state index is -1.05. The molecule has 0 radical (unpaired) electrons. The molecule has 0 N–H and O–H groups in total. The van der Waals surface area contributed by atoms with E-state index in [4.69, 9.17) is 14.2 Å². The van der Waals surface area contributed by atoms with Crippen molar-refractivity contribution in [2.45, 2.75) is 32.2 Å². The van der Waals surface area contributed by atoms with E-state index in [1.54, 1.807) is 14.2 Å². The molecule has 1 atom stereocenters. The molecule has 0 spiro atoms. The van der Waals surface area contributed by atoms with Crippen molar-refractivity contribution in [1.29, 1.82) is 0 Å². The fraction of sp³-hybridized carbons (Fsp3) is 0.429. The van der Waals surface area contributed by atoms with E-state index < -0.39 is 11.3 Å². The van der Waals surface area contributed by atoms with Gasteiger partial charge < -0.3 is 18.8 Å². The van der Waals surface area contributed by atoms with Crippen LogP contribution in [0.3, 0.4) is 0 Å². The average molecular weight is 400 g/mol. The number of hydrogen-bond donors (Lipinski definition) is 0. The van der Waals surface area contributed by atoms with Crippen molar-refractivity contribution in [1.82, 2.24) is 4.57 Å². The van der Waals surface area contributed by atoms with E-state index in [0.29, 0.717) is 36.8 Å². The number of nitrogens with zero attached hydrogens (tertiary/aromatic N) is 2. The zero-order valence-corrected chi connectivity index (χ0v) is 16.8. The van der Waals surface area contributed by atoms with Crippen LogP contribution in [0.5, 0.6) is 11.5 Å². The first kappa shape index (κ1) is 20.7. The third-order valence-electron chi connectivity index (χ3n) is 5.13. The Labute approximate surface area is 168 Å². The van der Waals surface area contributed by atoms with E-state index in [-0.39, 0.29) is 11.6 Å². The normalized spacial score (nSPS) is 14.7. The molecule has 1 aromatic carbocycles. The van der Waals surface area contributed by atoms with Crippen molar-refractivity contribution in [3.63, 3.8) is 0 Å². The van der Waals surface area contributed by atoms with Crippen LogP contribution >= 0.6 is 0 Å². The van der Waals surface area contributed by atoms with Crippen LogP contribution in [0.1, 0.15) is 41.7 Å². The third-order valence-corrected chi connectivity index (χ3v) is 5.13. The average Bonchev–Trinajstić information content (AvgIpc) is 2.74. The Morgan fingerprint density at radius 3 is 2.66 bits per heavy atom. The van der Waals surface area contributed by atoms with Gasteiger partial charge in [0.15, 0.2) is 16.9 Å². The lowest BCUT2D eigenvalue weighted by Gasteiger charge is -2.31. The van der Waals surface area contributed by atoms with Crippen molar-refractivity contribution in [3.05, 3.63) is 50.7 Å². The number of carbonyl (C=O) groups excluding carboxylic acids is 1. The van der Waals surface area contributed by atoms with Crippen molar-refractivity contribution < 1.29 is 19.0 Å². The van der Waals surface area contributed by atoms with Gasteiger partial charge in [-0.1, -0.05) is 6.92 Å². The van der Waals surface area contributed by atoms with Gasteiger partial charge in [-0.15, -0.1) is 4.91 Å². The van der Waals surface area contributed by atoms with Crippen molar-refractivity contribution in [2.75, 3.05) is 27.4 Å². The summed E-state index contributed by atoms with van der Waals surface area (Å²) in [6.45, 7) is 3.14. The van der Waals surface area contributed by atoms with Gasteiger partial charge in [-0.2, -0.15) is 0 Å². The number of aromatic nitrogens is 1. The molecule has 1 amide bonds. The van der Waals surface area contributed by atoms with Crippen LogP contribution < -0.4 is 14.9 Å². The lowest BCUT2D eigenvalue weighted by molar-refractivity contribution is 0.0999. The standard InChI is InChI=1S/C21H24N2O6/c1-4-14-8-13-9-20(29-7-5-6-27-2)19(28-3)10-15(13)17-11-18(24)16(12-23(14)17)21(25)22-26/h9-12,14H,4-8H2,1-3H3. The number of methoxy groups -OCH3 is 2. The number of fused-ring (bicyclic) bond motifs is 3. The summed E-state index contributed by atoms with van der Waals surface area (Å²) in [4.78, 5) is 34.8. The van der Waals surface area contributed by atoms with Gasteiger partial charge in [-0.25, -0.2) is 0 Å². The Bertz CT molecular complexity index is 982. The predicted molar refractivity (Wildman–Crippen MR) is 108 cm³/mol. The highest BCUT2D eigenvalue weighted by atomic mass is 16.5. The van der Waals surface area contributed by atoms with Gasteiger partial charge in [0, 0.05) is 49.2 Å². The molecule has 1 aliphatic rings. The van der Waals surface area contributed by atoms with Gasteiger partial charge in [-0.3, -0.25) is 9.59 Å². The van der Waals surface area contributed by atoms with E-state index >= 15 is 0 Å². The smallest absolute Gasteiger partial charge is 0.322 e. The van der Waals surface area contributed by atoms with Crippen LogP contribution in [0, 0.1) is 4.91 Å². The number of rotatable bonds is 8. The lowest BCUT2D eigenvalue weighted by Crippen LogP contribution is -2.25. The summed E-state index contributed by atoms with van der Waals surface area (Å²) < 4.78 is 18.3. The SMILES string of the molecule is CCC1Cc2cc(OCCCOC)c(OC)cc2-c2cc(=O)c(C(=O)N=O)cn21. The Morgan fingerprint density at radius 2 is 2.00 bits per heavy atom. The van der Waals surface area contributed by atoms with Crippen molar-refractivity contribution in [2.24, 2.45) is 5.18 Å². The number of carbonyl (C=O) groups is 1. The Hall–Kier alpha value is -3.00. The zero-order chi connectivity index (χ0) is 21.0. The molecule has 8 nitrogen and oxygen atoms in total. The van der Waals surface area contributed by atoms with Crippen LogP contribution in [-0.2, 0) is 11.2 Å². The molecule has 1 aromatic heterocycles. The molecule has 0 bridgehead atoms. The first-order valence-corrected chi connectivity index (χ1v) is 9.50. The second-order valence-electron chi connectivity index (χ2n) is 6.86. The topological polar surface area (TPSA) is 96.2 Å². The second kappa shape index (κ2) is 9.00. The molecular formula is C21H24N2O6. The van der Waals surface area contributed by atoms with Crippen LogP contribution in [0.4, 0.5) is 0 Å². The van der Waals surface area contributed by atoms with Crippen molar-refractivity contribution in [3.8, 4) is 22.8 Å². The number of benzene rings is 1. The summed E-state index contributed by atoms with van der Waals surface area (Å²) in [7, 11) is 3.21. The molecule has 0 aliphatic carbocycles. The number of ether oxygens (including phenoxy) is 3. The van der Waals surface area contributed by atoms with Crippen LogP contribution in [0.15, 0.2) is 34.4 Å². The van der Waals surface area contributed by atoms with E-state index in [1.165, 1.54) is 12.3 Å². The molecule has 3 rings (SSSR count). The second-order valence-corrected chi connectivity index (χ2v) is 6.86. The number of pyridine rings is 1. The van der Waals surface area contributed by atoms with Gasteiger partial charge in [-0.05, 0) is 30.5 Å². The van der Waals surface area contributed by atoms with Gasteiger partial charge in [0.05, 0.1) is 19.4 Å². The minimum Gasteiger partial charge on any atom is -0.493 e. The third kappa shape index (κ3) is 4.07. The fourth-order valence-electron chi connectivity index (χ4n) is 3.64. The Kier molecular flexibility index (Phi) is 6.43. The fourth-order valence-corrected chi connectivity index (χ4v) is 3.64. The number of amides is 1. The van der Waals surface area contributed by atoms with E-state index in [0.717, 1.165) is 24.0 Å². The minimum absolute atomic E-state index is 0.0334. The quantitative estimate of drug-likeness (QED) is 0.498. The zero-order valence-electron chi connectivity index (χ0n) is 16.8. The van der Waals surface area contributed by atoms with Gasteiger partial charge in [0.2, 0.25) is 0 Å². The summed E-state index contributed by atoms with van der Waals surface area (Å²) in [6.07, 6.45) is 3.68. The maximum absolute atomic E-state index is 12.4. The Balaban J connectivity index is 2.08. The van der Waals surface area contributed by atoms with Crippen molar-refractivity contribution >= 4 is 5.91 Å². The molecule has 29 heavy (non-hydrogen) atoms. The molecule has 0 saturated heterocycles. The molecular weight excluding hydrogens is 376 g/mol. The summed E-state index contributed by atoms with van der Waals surface area (Å²) in [6, 6.07) is 5.21. The van der Waals surface area contributed by atoms with Gasteiger partial charge in [0.1, 0.15) is 5.56 Å². The van der Waals surface area contributed by atoms with Crippen LogP contribution in [0.25, 0.3) is 11.3 Å². The largest absolute Gasteiger partial charge is 0.493 e. The highest BCUT2D eigenvalue weighted by Gasteiger charge is 2.27. The molecule has 2 heterocycles. The predicted octanol–water partition coefficient (Wildman–Crippen LogP) is 3.35. The maximum Gasteiger partial charge on any atom is 0.322 e. The highest BCUT2D eigenvalue weighted by Crippen LogP contribution is 2.41.